The lowest BCUT2D eigenvalue weighted by Crippen LogP contribution is -2.18. The molecule has 0 unspecified atom stereocenters. The van der Waals surface area contributed by atoms with E-state index in [1.54, 1.807) is 0 Å². The molecule has 0 saturated carbocycles. The number of ether oxygens (including phenoxy) is 1. The molecule has 0 aliphatic carbocycles. The Balaban J connectivity index is 1.77. The van der Waals surface area contributed by atoms with Crippen LogP contribution in [0.3, 0.4) is 0 Å². The van der Waals surface area contributed by atoms with Gasteiger partial charge in [0, 0.05) is 28.4 Å². The summed E-state index contributed by atoms with van der Waals surface area (Å²) < 4.78 is 40.8. The molecule has 1 aromatic heterocycles. The molecule has 26 heavy (non-hydrogen) atoms. The predicted molar refractivity (Wildman–Crippen MR) is 93.2 cm³/mol. The summed E-state index contributed by atoms with van der Waals surface area (Å²) in [5, 5.41) is 3.58. The van der Waals surface area contributed by atoms with Crippen molar-refractivity contribution in [2.45, 2.75) is 26.6 Å². The number of rotatable bonds is 4. The lowest BCUT2D eigenvalue weighted by Gasteiger charge is -2.11. The second-order valence-electron chi connectivity index (χ2n) is 6.08. The zero-order valence-corrected chi connectivity index (χ0v) is 14.2. The third kappa shape index (κ3) is 4.17. The molecule has 136 valence electrons. The number of carbonyl (C=O) groups excluding carboxylic acids is 1. The van der Waals surface area contributed by atoms with Gasteiger partial charge in [0.25, 0.3) is 0 Å². The fourth-order valence-electron chi connectivity index (χ4n) is 2.86. The quantitative estimate of drug-likeness (QED) is 0.696. The van der Waals surface area contributed by atoms with Crippen molar-refractivity contribution in [2.75, 3.05) is 5.32 Å². The number of aromatic amines is 1. The van der Waals surface area contributed by atoms with Crippen molar-refractivity contribution >= 4 is 22.5 Å². The highest BCUT2D eigenvalue weighted by molar-refractivity contribution is 5.96. The van der Waals surface area contributed by atoms with Crippen LogP contribution in [0.15, 0.2) is 42.5 Å². The van der Waals surface area contributed by atoms with E-state index in [1.807, 2.05) is 32.0 Å². The van der Waals surface area contributed by atoms with Gasteiger partial charge in [-0.1, -0.05) is 17.7 Å². The van der Waals surface area contributed by atoms with Crippen molar-refractivity contribution in [1.29, 1.82) is 0 Å². The summed E-state index contributed by atoms with van der Waals surface area (Å²) >= 11 is 0. The monoisotopic (exact) mass is 362 g/mol. The average Bonchev–Trinajstić information content (AvgIpc) is 2.81. The number of hydrogen-bond donors (Lipinski definition) is 2. The first-order valence-corrected chi connectivity index (χ1v) is 7.95. The number of fused-ring (bicyclic) bond motifs is 1. The number of benzene rings is 2. The summed E-state index contributed by atoms with van der Waals surface area (Å²) in [5.41, 5.74) is 4.01. The number of anilines is 1. The van der Waals surface area contributed by atoms with Crippen LogP contribution in [-0.2, 0) is 11.2 Å². The summed E-state index contributed by atoms with van der Waals surface area (Å²) in [5.74, 6) is -0.700. The van der Waals surface area contributed by atoms with Gasteiger partial charge in [-0.15, -0.1) is 13.2 Å². The number of amides is 1. The van der Waals surface area contributed by atoms with Crippen molar-refractivity contribution in [3.05, 3.63) is 59.3 Å². The van der Waals surface area contributed by atoms with Gasteiger partial charge in [-0.2, -0.15) is 0 Å². The minimum absolute atomic E-state index is 0.111. The Morgan fingerprint density at radius 3 is 2.65 bits per heavy atom. The van der Waals surface area contributed by atoms with E-state index in [9.17, 15) is 18.0 Å². The Morgan fingerprint density at radius 2 is 1.92 bits per heavy atom. The molecule has 1 heterocycles. The molecular formula is C19H17F3N2O2. The minimum Gasteiger partial charge on any atom is -0.406 e. The summed E-state index contributed by atoms with van der Waals surface area (Å²) in [6.45, 7) is 3.85. The third-order valence-electron chi connectivity index (χ3n) is 3.96. The van der Waals surface area contributed by atoms with Crippen LogP contribution >= 0.6 is 0 Å². The molecule has 0 fully saturated rings. The van der Waals surface area contributed by atoms with Gasteiger partial charge in [-0.3, -0.25) is 4.79 Å². The molecule has 0 aliphatic rings. The minimum atomic E-state index is -4.78. The molecule has 0 spiro atoms. The molecule has 3 aromatic rings. The van der Waals surface area contributed by atoms with E-state index >= 15 is 0 Å². The predicted octanol–water partition coefficient (Wildman–Crippen LogP) is 4.86. The van der Waals surface area contributed by atoms with E-state index in [0.29, 0.717) is 0 Å². The molecule has 4 nitrogen and oxygen atoms in total. The van der Waals surface area contributed by atoms with Crippen LogP contribution in [0.2, 0.25) is 0 Å². The zero-order chi connectivity index (χ0) is 18.9. The Kier molecular flexibility index (Phi) is 4.63. The van der Waals surface area contributed by atoms with Gasteiger partial charge in [-0.05, 0) is 43.7 Å². The maximum Gasteiger partial charge on any atom is 0.573 e. The number of aromatic nitrogens is 1. The van der Waals surface area contributed by atoms with Crippen molar-refractivity contribution in [2.24, 2.45) is 0 Å². The number of hydrogen-bond acceptors (Lipinski definition) is 2. The first-order chi connectivity index (χ1) is 12.2. The largest absolute Gasteiger partial charge is 0.573 e. The van der Waals surface area contributed by atoms with Gasteiger partial charge < -0.3 is 15.0 Å². The molecule has 0 radical (unpaired) electrons. The number of halogens is 3. The highest BCUT2D eigenvalue weighted by atomic mass is 19.4. The molecule has 2 aromatic carbocycles. The molecule has 3 rings (SSSR count). The second-order valence-corrected chi connectivity index (χ2v) is 6.08. The van der Waals surface area contributed by atoms with Crippen LogP contribution < -0.4 is 10.1 Å². The average molecular weight is 362 g/mol. The van der Waals surface area contributed by atoms with Crippen LogP contribution in [0.5, 0.6) is 5.75 Å². The van der Waals surface area contributed by atoms with E-state index in [-0.39, 0.29) is 23.8 Å². The Bertz CT molecular complexity index is 961. The topological polar surface area (TPSA) is 54.1 Å². The Morgan fingerprint density at radius 1 is 1.15 bits per heavy atom. The van der Waals surface area contributed by atoms with E-state index in [4.69, 9.17) is 0 Å². The van der Waals surface area contributed by atoms with E-state index < -0.39 is 6.36 Å². The summed E-state index contributed by atoms with van der Waals surface area (Å²) in [4.78, 5) is 15.6. The van der Waals surface area contributed by atoms with Gasteiger partial charge in [0.05, 0.1) is 6.42 Å². The fraction of sp³-hybridized carbons (Fsp3) is 0.211. The lowest BCUT2D eigenvalue weighted by atomic mass is 10.1. The van der Waals surface area contributed by atoms with Crippen LogP contribution in [0.25, 0.3) is 10.9 Å². The zero-order valence-electron chi connectivity index (χ0n) is 14.2. The van der Waals surface area contributed by atoms with Crippen molar-refractivity contribution in [1.82, 2.24) is 4.98 Å². The highest BCUT2D eigenvalue weighted by Crippen LogP contribution is 2.26. The number of alkyl halides is 3. The lowest BCUT2D eigenvalue weighted by molar-refractivity contribution is -0.274. The molecule has 0 saturated heterocycles. The number of aryl methyl sites for hydroxylation is 2. The molecule has 2 N–H and O–H groups in total. The van der Waals surface area contributed by atoms with Crippen LogP contribution in [0.4, 0.5) is 18.9 Å². The summed E-state index contributed by atoms with van der Waals surface area (Å²) in [7, 11) is 0. The Hall–Kier alpha value is -2.96. The molecule has 0 atom stereocenters. The summed E-state index contributed by atoms with van der Waals surface area (Å²) in [6.07, 6.45) is -4.67. The van der Waals surface area contributed by atoms with Crippen molar-refractivity contribution in [3.63, 3.8) is 0 Å². The highest BCUT2D eigenvalue weighted by Gasteiger charge is 2.31. The SMILES string of the molecule is Cc1ccc2[nH]c(C)c(CC(=O)Nc3cccc(OC(F)(F)F)c3)c2c1. The summed E-state index contributed by atoms with van der Waals surface area (Å²) in [6, 6.07) is 11.1. The van der Waals surface area contributed by atoms with Crippen molar-refractivity contribution < 1.29 is 22.7 Å². The maximum atomic E-state index is 12.4. The number of nitrogens with one attached hydrogen (secondary N) is 2. The molecule has 1 amide bonds. The fourth-order valence-corrected chi connectivity index (χ4v) is 2.86. The standard InChI is InChI=1S/C19H17F3N2O2/c1-11-6-7-17-16(8-11)15(12(2)23-17)10-18(25)24-13-4-3-5-14(9-13)26-19(20,21)22/h3-9,23H,10H2,1-2H3,(H,24,25). The van der Waals surface area contributed by atoms with Crippen molar-refractivity contribution in [3.8, 4) is 5.75 Å². The molecular weight excluding hydrogens is 345 g/mol. The van der Waals surface area contributed by atoms with Crippen LogP contribution in [0, 0.1) is 13.8 Å². The third-order valence-corrected chi connectivity index (χ3v) is 3.96. The van der Waals surface area contributed by atoms with Gasteiger partial charge >= 0.3 is 6.36 Å². The van der Waals surface area contributed by atoms with Gasteiger partial charge in [0.1, 0.15) is 5.75 Å². The van der Waals surface area contributed by atoms with Gasteiger partial charge in [0.2, 0.25) is 5.91 Å². The van der Waals surface area contributed by atoms with E-state index in [1.165, 1.54) is 18.2 Å². The molecule has 0 bridgehead atoms. The first kappa shape index (κ1) is 17.8. The second kappa shape index (κ2) is 6.74. The van der Waals surface area contributed by atoms with Crippen LogP contribution in [-0.4, -0.2) is 17.3 Å². The van der Waals surface area contributed by atoms with E-state index in [2.05, 4.69) is 15.0 Å². The van der Waals surface area contributed by atoms with Gasteiger partial charge in [0.15, 0.2) is 0 Å². The number of carbonyl (C=O) groups is 1. The Labute approximate surface area is 148 Å². The van der Waals surface area contributed by atoms with Gasteiger partial charge in [-0.25, -0.2) is 0 Å². The van der Waals surface area contributed by atoms with E-state index in [0.717, 1.165) is 33.8 Å². The smallest absolute Gasteiger partial charge is 0.406 e. The first-order valence-electron chi connectivity index (χ1n) is 7.95. The normalized spacial score (nSPS) is 11.6. The maximum absolute atomic E-state index is 12.4. The molecule has 0 aliphatic heterocycles. The molecule has 7 heteroatoms. The van der Waals surface area contributed by atoms with Crippen LogP contribution in [0.1, 0.15) is 16.8 Å². The number of H-pyrrole nitrogens is 1.